The van der Waals surface area contributed by atoms with Crippen LogP contribution in [0.1, 0.15) is 39.9 Å². The van der Waals surface area contributed by atoms with Crippen molar-refractivity contribution in [2.75, 3.05) is 11.6 Å². The molecule has 1 aliphatic carbocycles. The number of aryl methyl sites for hydroxylation is 1. The number of hydrazone groups is 1. The maximum absolute atomic E-state index is 11.3. The Hall–Kier alpha value is -3.59. The number of rotatable bonds is 3. The molecule has 150 valence electrons. The van der Waals surface area contributed by atoms with E-state index < -0.39 is 5.97 Å². The van der Waals surface area contributed by atoms with E-state index in [9.17, 15) is 15.2 Å². The summed E-state index contributed by atoms with van der Waals surface area (Å²) in [5.41, 5.74) is 4.58. The smallest absolute Gasteiger partial charge is 0.335 e. The average Bonchev–Trinajstić information content (AvgIpc) is 3.40. The van der Waals surface area contributed by atoms with Gasteiger partial charge in [-0.2, -0.15) is 10.4 Å². The molecule has 0 bridgehead atoms. The molecule has 1 N–H and O–H groups in total. The quantitative estimate of drug-likeness (QED) is 0.784. The number of nitrogens with zero attached hydrogens (tertiary/aromatic N) is 3. The lowest BCUT2D eigenvalue weighted by Gasteiger charge is -2.34. The van der Waals surface area contributed by atoms with Crippen molar-refractivity contribution < 1.29 is 14.6 Å². The van der Waals surface area contributed by atoms with Crippen molar-refractivity contribution in [3.8, 4) is 11.8 Å². The Labute approximate surface area is 174 Å². The van der Waals surface area contributed by atoms with Gasteiger partial charge in [0.05, 0.1) is 47.2 Å². The van der Waals surface area contributed by atoms with E-state index in [1.165, 1.54) is 0 Å². The van der Waals surface area contributed by atoms with E-state index in [1.54, 1.807) is 18.2 Å². The van der Waals surface area contributed by atoms with E-state index in [1.807, 2.05) is 25.1 Å². The number of carboxylic acids is 1. The van der Waals surface area contributed by atoms with Crippen LogP contribution in [0.3, 0.4) is 0 Å². The van der Waals surface area contributed by atoms with E-state index in [0.29, 0.717) is 23.8 Å². The molecule has 2 aromatic rings. The summed E-state index contributed by atoms with van der Waals surface area (Å²) in [7, 11) is 0. The summed E-state index contributed by atoms with van der Waals surface area (Å²) >= 11 is 0. The highest BCUT2D eigenvalue weighted by molar-refractivity contribution is 6.08. The average molecular weight is 399 g/mol. The third-order valence-electron chi connectivity index (χ3n) is 6.31. The molecule has 0 fully saturated rings. The van der Waals surface area contributed by atoms with Gasteiger partial charge in [0.1, 0.15) is 5.75 Å². The van der Waals surface area contributed by atoms with Crippen LogP contribution in [0.2, 0.25) is 0 Å². The third kappa shape index (κ3) is 2.86. The van der Waals surface area contributed by atoms with Gasteiger partial charge in [0, 0.05) is 5.56 Å². The van der Waals surface area contributed by atoms with Crippen molar-refractivity contribution in [2.24, 2.45) is 16.9 Å². The fourth-order valence-corrected chi connectivity index (χ4v) is 4.78. The molecule has 2 aromatic carbocycles. The Balaban J connectivity index is 1.59. The lowest BCUT2D eigenvalue weighted by molar-refractivity contribution is 0.0696. The van der Waals surface area contributed by atoms with Gasteiger partial charge in [-0.15, -0.1) is 0 Å². The number of hydrogen-bond donors (Lipinski definition) is 1. The molecule has 0 radical (unpaired) electrons. The number of hydrogen-bond acceptors (Lipinski definition) is 5. The van der Waals surface area contributed by atoms with Gasteiger partial charge in [-0.25, -0.2) is 4.79 Å². The van der Waals surface area contributed by atoms with Gasteiger partial charge in [0.2, 0.25) is 0 Å². The minimum atomic E-state index is -0.971. The van der Waals surface area contributed by atoms with Crippen molar-refractivity contribution in [1.82, 2.24) is 0 Å². The van der Waals surface area contributed by atoms with Gasteiger partial charge < -0.3 is 9.84 Å². The fraction of sp³-hybridized carbons (Fsp3) is 0.292. The third-order valence-corrected chi connectivity index (χ3v) is 6.31. The predicted molar refractivity (Wildman–Crippen MR) is 113 cm³/mol. The minimum Gasteiger partial charge on any atom is -0.492 e. The van der Waals surface area contributed by atoms with Gasteiger partial charge in [0.25, 0.3) is 0 Å². The summed E-state index contributed by atoms with van der Waals surface area (Å²) in [6.45, 7) is 2.41. The van der Waals surface area contributed by atoms with Crippen LogP contribution in [0, 0.1) is 30.1 Å². The van der Waals surface area contributed by atoms with E-state index >= 15 is 0 Å². The maximum atomic E-state index is 11.3. The zero-order chi connectivity index (χ0) is 20.8. The molecule has 0 aromatic heterocycles. The second-order valence-corrected chi connectivity index (χ2v) is 8.07. The van der Waals surface area contributed by atoms with Crippen molar-refractivity contribution in [2.45, 2.75) is 25.8 Å². The van der Waals surface area contributed by atoms with Crippen LogP contribution in [0.25, 0.3) is 0 Å². The summed E-state index contributed by atoms with van der Waals surface area (Å²) in [6.07, 6.45) is 6.45. The summed E-state index contributed by atoms with van der Waals surface area (Å²) in [6, 6.07) is 13.2. The van der Waals surface area contributed by atoms with E-state index in [0.717, 1.165) is 35.4 Å². The van der Waals surface area contributed by atoms with Gasteiger partial charge >= 0.3 is 5.97 Å². The van der Waals surface area contributed by atoms with Crippen LogP contribution >= 0.6 is 0 Å². The number of allylic oxidation sites excluding steroid dienone is 2. The zero-order valence-corrected chi connectivity index (χ0v) is 16.6. The first-order chi connectivity index (χ1) is 14.6. The summed E-state index contributed by atoms with van der Waals surface area (Å²) in [5.74, 6) is 0.136. The SMILES string of the molecule is Cc1cc(N2N=C3c4ccc(C(=O)O)cc4OCC3C2C2CC=CC2)ccc1C#N. The normalized spacial score (nSPS) is 22.1. The molecule has 2 unspecified atom stereocenters. The molecule has 5 rings (SSSR count). The van der Waals surface area contributed by atoms with Crippen LogP contribution in [0.5, 0.6) is 5.75 Å². The molecule has 6 nitrogen and oxygen atoms in total. The van der Waals surface area contributed by atoms with Crippen LogP contribution in [-0.2, 0) is 0 Å². The monoisotopic (exact) mass is 399 g/mol. The lowest BCUT2D eigenvalue weighted by atomic mass is 9.81. The molecule has 3 aliphatic rings. The fourth-order valence-electron chi connectivity index (χ4n) is 4.78. The topological polar surface area (TPSA) is 85.9 Å². The van der Waals surface area contributed by atoms with Crippen molar-refractivity contribution >= 4 is 17.4 Å². The van der Waals surface area contributed by atoms with Crippen molar-refractivity contribution in [1.29, 1.82) is 5.26 Å². The first-order valence-corrected chi connectivity index (χ1v) is 10.1. The Morgan fingerprint density at radius 2 is 2.03 bits per heavy atom. The van der Waals surface area contributed by atoms with Gasteiger partial charge in [-0.05, 0) is 67.6 Å². The summed E-state index contributed by atoms with van der Waals surface area (Å²) in [4.78, 5) is 11.3. The van der Waals surface area contributed by atoms with Gasteiger partial charge in [-0.3, -0.25) is 5.01 Å². The molecular formula is C24H21N3O3. The highest BCUT2D eigenvalue weighted by Gasteiger charge is 2.46. The standard InChI is InChI=1S/C24H21N3O3/c1-14-10-18(8-6-17(14)12-25)27-23(15-4-2-3-5-15)20-13-30-21-11-16(24(28)29)7-9-19(21)22(20)26-27/h2-3,6-11,15,20,23H,4-5,13H2,1H3,(H,28,29). The minimum absolute atomic E-state index is 0.106. The molecular weight excluding hydrogens is 378 g/mol. The van der Waals surface area contributed by atoms with Crippen LogP contribution in [0.4, 0.5) is 5.69 Å². The zero-order valence-electron chi connectivity index (χ0n) is 16.6. The summed E-state index contributed by atoms with van der Waals surface area (Å²) < 4.78 is 6.03. The highest BCUT2D eigenvalue weighted by Crippen LogP contribution is 2.43. The summed E-state index contributed by atoms with van der Waals surface area (Å²) in [5, 5.41) is 25.7. The molecule has 2 aliphatic heterocycles. The predicted octanol–water partition coefficient (Wildman–Crippen LogP) is 4.13. The first kappa shape index (κ1) is 18.4. The first-order valence-electron chi connectivity index (χ1n) is 10.1. The number of carbonyl (C=O) groups is 1. The maximum Gasteiger partial charge on any atom is 0.335 e. The molecule has 30 heavy (non-hydrogen) atoms. The lowest BCUT2D eigenvalue weighted by Crippen LogP contribution is -2.43. The Morgan fingerprint density at radius 3 is 2.73 bits per heavy atom. The molecule has 2 heterocycles. The number of ether oxygens (including phenoxy) is 1. The van der Waals surface area contributed by atoms with Crippen molar-refractivity contribution in [3.63, 3.8) is 0 Å². The molecule has 0 spiro atoms. The second-order valence-electron chi connectivity index (χ2n) is 8.07. The Kier molecular flexibility index (Phi) is 4.32. The number of carboxylic acid groups (broad SMARTS) is 1. The number of aromatic carboxylic acids is 1. The second kappa shape index (κ2) is 7.03. The number of anilines is 1. The number of fused-ring (bicyclic) bond motifs is 3. The molecule has 0 saturated heterocycles. The van der Waals surface area contributed by atoms with E-state index in [2.05, 4.69) is 23.2 Å². The van der Waals surface area contributed by atoms with E-state index in [4.69, 9.17) is 9.84 Å². The van der Waals surface area contributed by atoms with E-state index in [-0.39, 0.29) is 17.5 Å². The van der Waals surface area contributed by atoms with Gasteiger partial charge in [-0.1, -0.05) is 12.2 Å². The Bertz CT molecular complexity index is 1140. The van der Waals surface area contributed by atoms with Crippen molar-refractivity contribution in [3.05, 3.63) is 70.8 Å². The molecule has 0 amide bonds. The van der Waals surface area contributed by atoms with Crippen LogP contribution in [-0.4, -0.2) is 29.4 Å². The molecule has 0 saturated carbocycles. The number of nitriles is 1. The van der Waals surface area contributed by atoms with Crippen LogP contribution < -0.4 is 9.75 Å². The molecule has 6 heteroatoms. The van der Waals surface area contributed by atoms with Crippen LogP contribution in [0.15, 0.2) is 53.7 Å². The molecule has 2 atom stereocenters. The number of benzene rings is 2. The Morgan fingerprint density at radius 1 is 1.23 bits per heavy atom. The largest absolute Gasteiger partial charge is 0.492 e. The highest BCUT2D eigenvalue weighted by atomic mass is 16.5. The van der Waals surface area contributed by atoms with Gasteiger partial charge in [0.15, 0.2) is 0 Å².